The second-order valence-corrected chi connectivity index (χ2v) is 6.98. The molecule has 3 rings (SSSR count). The third kappa shape index (κ3) is 3.93. The maximum atomic E-state index is 13.2. The molecular weight excluding hydrogens is 438 g/mol. The molecule has 0 aliphatic rings. The summed E-state index contributed by atoms with van der Waals surface area (Å²) >= 11 is 0. The summed E-state index contributed by atoms with van der Waals surface area (Å²) in [6, 6.07) is 15.2. The Morgan fingerprint density at radius 2 is 1.31 bits per heavy atom. The molecule has 0 radical (unpaired) electrons. The van der Waals surface area contributed by atoms with Crippen LogP contribution in [0.2, 0.25) is 0 Å². The highest BCUT2D eigenvalue weighted by Crippen LogP contribution is 2.50. The molecule has 0 amide bonds. The Morgan fingerprint density at radius 3 is 1.78 bits per heavy atom. The molecule has 32 heavy (non-hydrogen) atoms. The van der Waals surface area contributed by atoms with Gasteiger partial charge in [-0.1, -0.05) is 60.7 Å². The molecular formula is C23H18F6O3. The molecule has 0 fully saturated rings. The number of hydrogen-bond donors (Lipinski definition) is 2. The zero-order valence-electron chi connectivity index (χ0n) is 16.6. The van der Waals surface area contributed by atoms with Gasteiger partial charge in [0.2, 0.25) is 0 Å². The lowest BCUT2D eigenvalue weighted by Crippen LogP contribution is -2.53. The second-order valence-electron chi connectivity index (χ2n) is 6.98. The van der Waals surface area contributed by atoms with E-state index in [4.69, 9.17) is 4.74 Å². The first kappa shape index (κ1) is 23.6. The van der Waals surface area contributed by atoms with E-state index in [0.717, 1.165) is 12.1 Å². The van der Waals surface area contributed by atoms with E-state index in [0.29, 0.717) is 40.1 Å². The number of aliphatic hydroxyl groups is 2. The van der Waals surface area contributed by atoms with Crippen LogP contribution in [0.15, 0.2) is 66.7 Å². The Hall–Kier alpha value is -3.04. The Kier molecular flexibility index (Phi) is 6.26. The molecule has 0 aliphatic heterocycles. The van der Waals surface area contributed by atoms with Crippen LogP contribution < -0.4 is 4.74 Å². The minimum atomic E-state index is -5.97. The summed E-state index contributed by atoms with van der Waals surface area (Å²) in [6.07, 6.45) is -11.9. The highest BCUT2D eigenvalue weighted by molar-refractivity contribution is 5.87. The fourth-order valence-electron chi connectivity index (χ4n) is 3.53. The van der Waals surface area contributed by atoms with Gasteiger partial charge in [0.1, 0.15) is 5.75 Å². The SMILES string of the molecule is COc1ccc(-c2ccc(C(O)(C(F)(F)F)C(F)(F)F)cc2)c(-c2ccccc2)c1CO. The van der Waals surface area contributed by atoms with Crippen LogP contribution in [0.25, 0.3) is 22.3 Å². The number of aliphatic hydroxyl groups excluding tert-OH is 1. The topological polar surface area (TPSA) is 49.7 Å². The molecule has 9 heteroatoms. The number of alkyl halides is 6. The number of halogens is 6. The lowest BCUT2D eigenvalue weighted by Gasteiger charge is -2.32. The molecule has 3 aromatic rings. The molecule has 0 spiro atoms. The van der Waals surface area contributed by atoms with Gasteiger partial charge in [0.15, 0.2) is 0 Å². The van der Waals surface area contributed by atoms with Gasteiger partial charge in [-0.05, 0) is 28.3 Å². The van der Waals surface area contributed by atoms with E-state index in [1.54, 1.807) is 42.5 Å². The Morgan fingerprint density at radius 1 is 0.750 bits per heavy atom. The number of ether oxygens (including phenoxy) is 1. The van der Waals surface area contributed by atoms with Crippen LogP contribution in [0, 0.1) is 0 Å². The molecule has 2 N–H and O–H groups in total. The molecule has 0 unspecified atom stereocenters. The molecule has 0 aromatic heterocycles. The van der Waals surface area contributed by atoms with E-state index < -0.39 is 30.1 Å². The number of rotatable bonds is 5. The maximum Gasteiger partial charge on any atom is 0.430 e. The second kappa shape index (κ2) is 8.48. The average molecular weight is 456 g/mol. The van der Waals surface area contributed by atoms with Crippen LogP contribution in [0.1, 0.15) is 11.1 Å². The maximum absolute atomic E-state index is 13.2. The molecule has 0 saturated heterocycles. The molecule has 3 nitrogen and oxygen atoms in total. The highest BCUT2D eigenvalue weighted by Gasteiger charge is 2.71. The molecule has 170 valence electrons. The largest absolute Gasteiger partial charge is 0.496 e. The summed E-state index contributed by atoms with van der Waals surface area (Å²) < 4.78 is 84.3. The van der Waals surface area contributed by atoms with Crippen molar-refractivity contribution in [2.24, 2.45) is 0 Å². The van der Waals surface area contributed by atoms with Crippen molar-refractivity contribution in [1.82, 2.24) is 0 Å². The summed E-state index contributed by atoms with van der Waals surface area (Å²) in [6.45, 7) is -0.415. The van der Waals surface area contributed by atoms with Gasteiger partial charge in [0.25, 0.3) is 5.60 Å². The van der Waals surface area contributed by atoms with Crippen molar-refractivity contribution >= 4 is 0 Å². The van der Waals surface area contributed by atoms with Crippen LogP contribution in [0.3, 0.4) is 0 Å². The number of methoxy groups -OCH3 is 1. The van der Waals surface area contributed by atoms with Crippen LogP contribution in [0.4, 0.5) is 26.3 Å². The molecule has 0 bridgehead atoms. The molecule has 0 aliphatic carbocycles. The van der Waals surface area contributed by atoms with Gasteiger partial charge in [-0.2, -0.15) is 26.3 Å². The minimum absolute atomic E-state index is 0.289. The van der Waals surface area contributed by atoms with Crippen LogP contribution in [-0.4, -0.2) is 29.7 Å². The summed E-state index contributed by atoms with van der Waals surface area (Å²) in [5, 5.41) is 19.5. The van der Waals surface area contributed by atoms with Crippen molar-refractivity contribution in [3.8, 4) is 28.0 Å². The molecule has 3 aromatic carbocycles. The first-order valence-corrected chi connectivity index (χ1v) is 9.28. The first-order valence-electron chi connectivity index (χ1n) is 9.28. The van der Waals surface area contributed by atoms with E-state index >= 15 is 0 Å². The third-order valence-corrected chi connectivity index (χ3v) is 5.14. The van der Waals surface area contributed by atoms with Crippen LogP contribution in [-0.2, 0) is 12.2 Å². The van der Waals surface area contributed by atoms with Gasteiger partial charge in [0.05, 0.1) is 13.7 Å². The summed E-state index contributed by atoms with van der Waals surface area (Å²) in [4.78, 5) is 0. The first-order chi connectivity index (χ1) is 15.0. The van der Waals surface area contributed by atoms with Crippen molar-refractivity contribution in [2.75, 3.05) is 7.11 Å². The predicted octanol–water partition coefficient (Wildman–Crippen LogP) is 5.83. The van der Waals surface area contributed by atoms with Gasteiger partial charge >= 0.3 is 12.4 Å². The predicted molar refractivity (Wildman–Crippen MR) is 106 cm³/mol. The zero-order chi connectivity index (χ0) is 23.7. The lowest BCUT2D eigenvalue weighted by molar-refractivity contribution is -0.376. The van der Waals surface area contributed by atoms with E-state index in [1.807, 2.05) is 0 Å². The van der Waals surface area contributed by atoms with E-state index in [-0.39, 0.29) is 5.56 Å². The Balaban J connectivity index is 2.20. The minimum Gasteiger partial charge on any atom is -0.496 e. The van der Waals surface area contributed by atoms with Crippen molar-refractivity contribution in [1.29, 1.82) is 0 Å². The Bertz CT molecular complexity index is 1060. The third-order valence-electron chi connectivity index (χ3n) is 5.14. The smallest absolute Gasteiger partial charge is 0.430 e. The van der Waals surface area contributed by atoms with Crippen molar-refractivity contribution in [3.63, 3.8) is 0 Å². The zero-order valence-corrected chi connectivity index (χ0v) is 16.6. The van der Waals surface area contributed by atoms with Gasteiger partial charge < -0.3 is 14.9 Å². The van der Waals surface area contributed by atoms with Gasteiger partial charge in [-0.3, -0.25) is 0 Å². The monoisotopic (exact) mass is 456 g/mol. The number of hydrogen-bond acceptors (Lipinski definition) is 3. The van der Waals surface area contributed by atoms with Gasteiger partial charge in [0, 0.05) is 11.1 Å². The fraction of sp³-hybridized carbons (Fsp3) is 0.217. The van der Waals surface area contributed by atoms with Crippen molar-refractivity contribution in [2.45, 2.75) is 24.6 Å². The van der Waals surface area contributed by atoms with Crippen LogP contribution >= 0.6 is 0 Å². The van der Waals surface area contributed by atoms with E-state index in [1.165, 1.54) is 7.11 Å². The van der Waals surface area contributed by atoms with Gasteiger partial charge in [-0.15, -0.1) is 0 Å². The van der Waals surface area contributed by atoms with Crippen molar-refractivity contribution < 1.29 is 41.3 Å². The number of benzene rings is 3. The normalized spacial score (nSPS) is 12.7. The van der Waals surface area contributed by atoms with Crippen LogP contribution in [0.5, 0.6) is 5.75 Å². The summed E-state index contributed by atoms with van der Waals surface area (Å²) in [5.41, 5.74) is -4.02. The molecule has 0 atom stereocenters. The summed E-state index contributed by atoms with van der Waals surface area (Å²) in [7, 11) is 1.41. The van der Waals surface area contributed by atoms with Gasteiger partial charge in [-0.25, -0.2) is 0 Å². The van der Waals surface area contributed by atoms with Crippen molar-refractivity contribution in [3.05, 3.63) is 77.9 Å². The molecule has 0 saturated carbocycles. The Labute approximate surface area is 179 Å². The van der Waals surface area contributed by atoms with E-state index in [9.17, 15) is 36.6 Å². The lowest BCUT2D eigenvalue weighted by atomic mass is 9.87. The fourth-order valence-corrected chi connectivity index (χ4v) is 3.53. The summed E-state index contributed by atoms with van der Waals surface area (Å²) in [5.74, 6) is 0.371. The highest BCUT2D eigenvalue weighted by atomic mass is 19.4. The molecule has 0 heterocycles. The quantitative estimate of drug-likeness (QED) is 0.475. The average Bonchev–Trinajstić information content (AvgIpc) is 2.76. The standard InChI is InChI=1S/C23H18F6O3/c1-32-19-12-11-17(20(18(19)13-30)15-5-3-2-4-6-15)14-7-9-16(10-8-14)21(31,22(24,25)26)23(27,28)29/h2-12,30-31H,13H2,1H3. The van der Waals surface area contributed by atoms with E-state index in [2.05, 4.69) is 0 Å².